The molecule has 2 N–H and O–H groups in total. The van der Waals surface area contributed by atoms with Crippen LogP contribution < -0.4 is 24.8 Å². The Morgan fingerprint density at radius 1 is 0.846 bits per heavy atom. The number of hydrogen-bond acceptors (Lipinski definition) is 5. The van der Waals surface area contributed by atoms with E-state index in [4.69, 9.17) is 14.2 Å². The van der Waals surface area contributed by atoms with Gasteiger partial charge in [-0.2, -0.15) is 0 Å². The highest BCUT2D eigenvalue weighted by molar-refractivity contribution is 6.43. The molecular weight excluding hydrogens is 336 g/mol. The SMILES string of the molecule is CCOc1ccc(NC(=O)C(=O)Nc2ccccc2OC)cc1OCC. The van der Waals surface area contributed by atoms with Gasteiger partial charge in [0.15, 0.2) is 11.5 Å². The van der Waals surface area contributed by atoms with Crippen molar-refractivity contribution in [1.82, 2.24) is 0 Å². The Balaban J connectivity index is 2.08. The van der Waals surface area contributed by atoms with Gasteiger partial charge >= 0.3 is 11.8 Å². The lowest BCUT2D eigenvalue weighted by Gasteiger charge is -2.13. The number of hydrogen-bond donors (Lipinski definition) is 2. The highest BCUT2D eigenvalue weighted by Crippen LogP contribution is 2.30. The van der Waals surface area contributed by atoms with Crippen LogP contribution in [0.4, 0.5) is 11.4 Å². The fourth-order valence-corrected chi connectivity index (χ4v) is 2.24. The lowest BCUT2D eigenvalue weighted by Crippen LogP contribution is -2.29. The van der Waals surface area contributed by atoms with E-state index in [1.807, 2.05) is 13.8 Å². The van der Waals surface area contributed by atoms with E-state index in [1.54, 1.807) is 42.5 Å². The summed E-state index contributed by atoms with van der Waals surface area (Å²) in [5, 5.41) is 5.06. The van der Waals surface area contributed by atoms with Crippen LogP contribution in [0.2, 0.25) is 0 Å². The predicted octanol–water partition coefficient (Wildman–Crippen LogP) is 3.07. The molecule has 0 saturated heterocycles. The summed E-state index contributed by atoms with van der Waals surface area (Å²) in [6, 6.07) is 11.8. The molecule has 7 nitrogen and oxygen atoms in total. The van der Waals surface area contributed by atoms with Crippen molar-refractivity contribution >= 4 is 23.2 Å². The van der Waals surface area contributed by atoms with Gasteiger partial charge < -0.3 is 24.8 Å². The van der Waals surface area contributed by atoms with Crippen LogP contribution in [-0.4, -0.2) is 32.1 Å². The first kappa shape index (κ1) is 19.1. The minimum Gasteiger partial charge on any atom is -0.495 e. The summed E-state index contributed by atoms with van der Waals surface area (Å²) in [6.45, 7) is 4.66. The zero-order chi connectivity index (χ0) is 18.9. The van der Waals surface area contributed by atoms with Gasteiger partial charge in [0.25, 0.3) is 0 Å². The third-order valence-corrected chi connectivity index (χ3v) is 3.36. The Morgan fingerprint density at radius 3 is 2.19 bits per heavy atom. The van der Waals surface area contributed by atoms with Crippen LogP contribution in [-0.2, 0) is 9.59 Å². The Hall–Kier alpha value is -3.22. The fourth-order valence-electron chi connectivity index (χ4n) is 2.24. The van der Waals surface area contributed by atoms with Crippen LogP contribution in [0.25, 0.3) is 0 Å². The average molecular weight is 358 g/mol. The van der Waals surface area contributed by atoms with Gasteiger partial charge in [0.1, 0.15) is 5.75 Å². The number of carbonyl (C=O) groups is 2. The maximum atomic E-state index is 12.2. The van der Waals surface area contributed by atoms with Crippen molar-refractivity contribution in [2.24, 2.45) is 0 Å². The first-order chi connectivity index (χ1) is 12.6. The number of rotatable bonds is 7. The fraction of sp³-hybridized carbons (Fsp3) is 0.263. The largest absolute Gasteiger partial charge is 0.495 e. The van der Waals surface area contributed by atoms with Crippen LogP contribution in [0.3, 0.4) is 0 Å². The van der Waals surface area contributed by atoms with Crippen LogP contribution in [0.5, 0.6) is 17.2 Å². The van der Waals surface area contributed by atoms with Crippen molar-refractivity contribution in [1.29, 1.82) is 0 Å². The van der Waals surface area contributed by atoms with E-state index in [0.717, 1.165) is 0 Å². The molecule has 0 fully saturated rings. The van der Waals surface area contributed by atoms with Crippen molar-refractivity contribution in [3.8, 4) is 17.2 Å². The maximum absolute atomic E-state index is 12.2. The van der Waals surface area contributed by atoms with E-state index in [1.165, 1.54) is 7.11 Å². The van der Waals surface area contributed by atoms with Crippen molar-refractivity contribution in [2.75, 3.05) is 31.0 Å². The molecular formula is C19H22N2O5. The second-order valence-corrected chi connectivity index (χ2v) is 5.14. The van der Waals surface area contributed by atoms with Gasteiger partial charge in [-0.05, 0) is 38.1 Å². The molecule has 7 heteroatoms. The summed E-state index contributed by atoms with van der Waals surface area (Å²) in [7, 11) is 1.49. The summed E-state index contributed by atoms with van der Waals surface area (Å²) in [5.74, 6) is -0.0692. The number of nitrogens with one attached hydrogen (secondary N) is 2. The second-order valence-electron chi connectivity index (χ2n) is 5.14. The minimum atomic E-state index is -0.804. The van der Waals surface area contributed by atoms with E-state index in [9.17, 15) is 9.59 Å². The molecule has 0 atom stereocenters. The summed E-state index contributed by atoms with van der Waals surface area (Å²) in [4.78, 5) is 24.3. The molecule has 0 heterocycles. The summed E-state index contributed by atoms with van der Waals surface area (Å²) in [5.41, 5.74) is 0.842. The van der Waals surface area contributed by atoms with E-state index in [2.05, 4.69) is 10.6 Å². The Morgan fingerprint density at radius 2 is 1.50 bits per heavy atom. The molecule has 138 valence electrons. The molecule has 0 unspecified atom stereocenters. The molecule has 2 rings (SSSR count). The van der Waals surface area contributed by atoms with Gasteiger partial charge in [-0.15, -0.1) is 0 Å². The average Bonchev–Trinajstić information content (AvgIpc) is 2.64. The van der Waals surface area contributed by atoms with Gasteiger partial charge in [0, 0.05) is 11.8 Å². The molecule has 0 aliphatic heterocycles. The highest BCUT2D eigenvalue weighted by atomic mass is 16.5. The van der Waals surface area contributed by atoms with Crippen LogP contribution >= 0.6 is 0 Å². The first-order valence-corrected chi connectivity index (χ1v) is 8.24. The molecule has 26 heavy (non-hydrogen) atoms. The standard InChI is InChI=1S/C19H22N2O5/c1-4-25-16-11-10-13(12-17(16)26-5-2)20-18(22)19(23)21-14-8-6-7-9-15(14)24-3/h6-12H,4-5H2,1-3H3,(H,20,22)(H,21,23). The van der Waals surface area contributed by atoms with Gasteiger partial charge in [-0.3, -0.25) is 9.59 Å². The summed E-state index contributed by atoms with van der Waals surface area (Å²) in [6.07, 6.45) is 0. The third-order valence-electron chi connectivity index (χ3n) is 3.36. The molecule has 0 bridgehead atoms. The number of anilines is 2. The summed E-state index contributed by atoms with van der Waals surface area (Å²) >= 11 is 0. The Labute approximate surface area is 152 Å². The molecule has 0 saturated carbocycles. The van der Waals surface area contributed by atoms with Crippen molar-refractivity contribution < 1.29 is 23.8 Å². The molecule has 0 radical (unpaired) electrons. The highest BCUT2D eigenvalue weighted by Gasteiger charge is 2.17. The van der Waals surface area contributed by atoms with Crippen LogP contribution in [0.1, 0.15) is 13.8 Å². The number of para-hydroxylation sites is 2. The third kappa shape index (κ3) is 4.89. The Kier molecular flexibility index (Phi) is 6.84. The summed E-state index contributed by atoms with van der Waals surface area (Å²) < 4.78 is 16.1. The van der Waals surface area contributed by atoms with Gasteiger partial charge in [0.05, 0.1) is 26.0 Å². The van der Waals surface area contributed by atoms with Gasteiger partial charge in [-0.25, -0.2) is 0 Å². The van der Waals surface area contributed by atoms with Crippen LogP contribution in [0.15, 0.2) is 42.5 Å². The van der Waals surface area contributed by atoms with Crippen molar-refractivity contribution in [3.63, 3.8) is 0 Å². The van der Waals surface area contributed by atoms with E-state index in [-0.39, 0.29) is 0 Å². The molecule has 2 amide bonds. The Bertz CT molecular complexity index is 776. The number of ether oxygens (including phenoxy) is 3. The maximum Gasteiger partial charge on any atom is 0.314 e. The van der Waals surface area contributed by atoms with E-state index < -0.39 is 11.8 Å². The lowest BCUT2D eigenvalue weighted by atomic mass is 10.2. The smallest absolute Gasteiger partial charge is 0.314 e. The number of benzene rings is 2. The number of carbonyl (C=O) groups excluding carboxylic acids is 2. The molecule has 2 aromatic carbocycles. The predicted molar refractivity (Wildman–Crippen MR) is 99.0 cm³/mol. The van der Waals surface area contributed by atoms with Crippen molar-refractivity contribution in [2.45, 2.75) is 13.8 Å². The monoisotopic (exact) mass is 358 g/mol. The van der Waals surface area contributed by atoms with Gasteiger partial charge in [0.2, 0.25) is 0 Å². The molecule has 0 spiro atoms. The second kappa shape index (κ2) is 9.31. The molecule has 0 aliphatic rings. The first-order valence-electron chi connectivity index (χ1n) is 8.24. The van der Waals surface area contributed by atoms with E-state index >= 15 is 0 Å². The zero-order valence-electron chi connectivity index (χ0n) is 15.0. The molecule has 0 aliphatic carbocycles. The quantitative estimate of drug-likeness (QED) is 0.743. The number of amides is 2. The zero-order valence-corrected chi connectivity index (χ0v) is 15.0. The minimum absolute atomic E-state index is 0.414. The van der Waals surface area contributed by atoms with Crippen molar-refractivity contribution in [3.05, 3.63) is 42.5 Å². The lowest BCUT2D eigenvalue weighted by molar-refractivity contribution is -0.133. The normalized spacial score (nSPS) is 9.96. The molecule has 2 aromatic rings. The van der Waals surface area contributed by atoms with E-state index in [0.29, 0.717) is 41.8 Å². The molecule has 0 aromatic heterocycles. The van der Waals surface area contributed by atoms with Gasteiger partial charge in [-0.1, -0.05) is 12.1 Å². The number of methoxy groups -OCH3 is 1. The topological polar surface area (TPSA) is 85.9 Å². The van der Waals surface area contributed by atoms with Crippen LogP contribution in [0, 0.1) is 0 Å².